The van der Waals surface area contributed by atoms with Crippen LogP contribution in [0, 0.1) is 0 Å². The Hall–Kier alpha value is -5.02. The molecule has 178 valence electrons. The molecule has 6 aromatic carbocycles. The summed E-state index contributed by atoms with van der Waals surface area (Å²) in [6.45, 7) is 0. The first-order valence-corrected chi connectivity index (χ1v) is 12.9. The first kappa shape index (κ1) is 21.1. The predicted octanol–water partition coefficient (Wildman–Crippen LogP) is 8.92. The summed E-state index contributed by atoms with van der Waals surface area (Å²) in [6, 6.07) is 40.9. The highest BCUT2D eigenvalue weighted by Crippen LogP contribution is 2.35. The summed E-state index contributed by atoms with van der Waals surface area (Å²) in [4.78, 5) is 10.1. The number of rotatable bonds is 2. The molecular formula is C35H23N3. The second-order valence-corrected chi connectivity index (χ2v) is 9.93. The topological polar surface area (TPSA) is 30.7 Å². The van der Waals surface area contributed by atoms with Gasteiger partial charge >= 0.3 is 0 Å². The maximum Gasteiger partial charge on any atom is 0.0979 e. The van der Waals surface area contributed by atoms with Gasteiger partial charge in [-0.15, -0.1) is 0 Å². The van der Waals surface area contributed by atoms with Crippen molar-refractivity contribution < 1.29 is 0 Å². The van der Waals surface area contributed by atoms with E-state index >= 15 is 0 Å². The van der Waals surface area contributed by atoms with Crippen molar-refractivity contribution in [3.05, 3.63) is 121 Å². The van der Waals surface area contributed by atoms with Crippen LogP contribution in [0.1, 0.15) is 0 Å². The summed E-state index contributed by atoms with van der Waals surface area (Å²) in [5, 5.41) is 7.26. The van der Waals surface area contributed by atoms with Crippen LogP contribution in [0.5, 0.6) is 0 Å². The lowest BCUT2D eigenvalue weighted by molar-refractivity contribution is 1.01. The van der Waals surface area contributed by atoms with E-state index in [9.17, 15) is 0 Å². The molecule has 0 unspecified atom stereocenters. The highest BCUT2D eigenvalue weighted by atomic mass is 14.9. The third kappa shape index (κ3) is 3.02. The van der Waals surface area contributed by atoms with E-state index in [1.54, 1.807) is 0 Å². The molecule has 0 spiro atoms. The quantitative estimate of drug-likeness (QED) is 0.229. The normalized spacial score (nSPS) is 11.8. The maximum absolute atomic E-state index is 5.18. The van der Waals surface area contributed by atoms with Gasteiger partial charge in [-0.2, -0.15) is 0 Å². The van der Waals surface area contributed by atoms with Crippen molar-refractivity contribution in [3.8, 4) is 22.4 Å². The third-order valence-corrected chi connectivity index (χ3v) is 7.83. The van der Waals surface area contributed by atoms with E-state index in [4.69, 9.17) is 9.97 Å². The molecule has 0 bridgehead atoms. The highest BCUT2D eigenvalue weighted by Gasteiger charge is 2.13. The molecule has 8 rings (SSSR count). The Morgan fingerprint density at radius 1 is 0.474 bits per heavy atom. The number of aromatic nitrogens is 3. The van der Waals surface area contributed by atoms with Gasteiger partial charge in [0.15, 0.2) is 0 Å². The lowest BCUT2D eigenvalue weighted by Crippen LogP contribution is -1.92. The van der Waals surface area contributed by atoms with E-state index in [-0.39, 0.29) is 0 Å². The molecule has 0 fully saturated rings. The SMILES string of the molecule is Cn1c2ccccc2c2ccc(-c3cccc(-c4cnc5c6ccccc6c6ccccc6c5n4)c3)cc21. The van der Waals surface area contributed by atoms with Crippen molar-refractivity contribution in [2.45, 2.75) is 0 Å². The number of para-hydroxylation sites is 1. The molecule has 3 heteroatoms. The first-order valence-electron chi connectivity index (χ1n) is 12.9. The van der Waals surface area contributed by atoms with Crippen LogP contribution in [0.2, 0.25) is 0 Å². The van der Waals surface area contributed by atoms with Crippen LogP contribution in [-0.2, 0) is 7.05 Å². The van der Waals surface area contributed by atoms with E-state index in [0.717, 1.165) is 33.1 Å². The molecule has 3 nitrogen and oxygen atoms in total. The average molecular weight is 486 g/mol. The van der Waals surface area contributed by atoms with Crippen molar-refractivity contribution in [2.24, 2.45) is 7.05 Å². The number of hydrogen-bond donors (Lipinski definition) is 0. The maximum atomic E-state index is 5.18. The molecule has 2 aromatic heterocycles. The summed E-state index contributed by atoms with van der Waals surface area (Å²) in [7, 11) is 2.14. The monoisotopic (exact) mass is 485 g/mol. The van der Waals surface area contributed by atoms with Gasteiger partial charge in [-0.05, 0) is 40.1 Å². The number of benzene rings is 6. The van der Waals surface area contributed by atoms with Crippen LogP contribution in [0.15, 0.2) is 121 Å². The van der Waals surface area contributed by atoms with Gasteiger partial charge in [0.2, 0.25) is 0 Å². The number of aryl methyl sites for hydroxylation is 1. The van der Waals surface area contributed by atoms with Gasteiger partial charge in [0.05, 0.1) is 22.9 Å². The van der Waals surface area contributed by atoms with E-state index in [1.165, 1.54) is 43.7 Å². The van der Waals surface area contributed by atoms with Gasteiger partial charge in [0.25, 0.3) is 0 Å². The minimum atomic E-state index is 0.880. The standard InChI is InChI=1S/C35H23N3/c1-38-32-16-7-6-13-27(32)28-18-17-23(20-33(28)38)22-9-8-10-24(19-22)31-21-36-34-29-14-4-2-11-25(29)26-12-3-5-15-30(26)35(34)37-31/h2-21H,1H3. The third-order valence-electron chi connectivity index (χ3n) is 7.83. The molecule has 0 amide bonds. The molecule has 0 aliphatic heterocycles. The van der Waals surface area contributed by atoms with Crippen molar-refractivity contribution >= 4 is 54.4 Å². The molecular weight excluding hydrogens is 462 g/mol. The van der Waals surface area contributed by atoms with E-state index < -0.39 is 0 Å². The fourth-order valence-corrected chi connectivity index (χ4v) is 5.96. The Balaban J connectivity index is 1.30. The van der Waals surface area contributed by atoms with Crippen molar-refractivity contribution in [1.29, 1.82) is 0 Å². The smallest absolute Gasteiger partial charge is 0.0979 e. The zero-order chi connectivity index (χ0) is 25.2. The molecule has 0 radical (unpaired) electrons. The summed E-state index contributed by atoms with van der Waals surface area (Å²) in [5.41, 5.74) is 8.67. The van der Waals surface area contributed by atoms with Crippen LogP contribution in [-0.4, -0.2) is 14.5 Å². The molecule has 0 saturated carbocycles. The summed E-state index contributed by atoms with van der Waals surface area (Å²) in [6.07, 6.45) is 1.91. The zero-order valence-corrected chi connectivity index (χ0v) is 20.9. The minimum absolute atomic E-state index is 0.880. The van der Waals surface area contributed by atoms with E-state index in [2.05, 4.69) is 127 Å². The number of fused-ring (bicyclic) bond motifs is 9. The fourth-order valence-electron chi connectivity index (χ4n) is 5.96. The Morgan fingerprint density at radius 2 is 1.08 bits per heavy atom. The van der Waals surface area contributed by atoms with E-state index in [1.807, 2.05) is 6.20 Å². The summed E-state index contributed by atoms with van der Waals surface area (Å²) < 4.78 is 2.28. The van der Waals surface area contributed by atoms with Gasteiger partial charge in [-0.3, -0.25) is 4.98 Å². The van der Waals surface area contributed by atoms with Crippen molar-refractivity contribution in [1.82, 2.24) is 14.5 Å². The Kier molecular flexibility index (Phi) is 4.44. The van der Waals surface area contributed by atoms with Gasteiger partial charge < -0.3 is 4.57 Å². The van der Waals surface area contributed by atoms with Crippen LogP contribution in [0.4, 0.5) is 0 Å². The van der Waals surface area contributed by atoms with Gasteiger partial charge in [-0.1, -0.05) is 97.1 Å². The van der Waals surface area contributed by atoms with E-state index in [0.29, 0.717) is 0 Å². The molecule has 8 aromatic rings. The first-order chi connectivity index (χ1) is 18.8. The molecule has 38 heavy (non-hydrogen) atoms. The molecule has 0 aliphatic rings. The molecule has 0 atom stereocenters. The number of hydrogen-bond acceptors (Lipinski definition) is 2. The highest BCUT2D eigenvalue weighted by molar-refractivity contribution is 6.23. The second kappa shape index (κ2) is 7.99. The summed E-state index contributed by atoms with van der Waals surface area (Å²) in [5.74, 6) is 0. The average Bonchev–Trinajstić information content (AvgIpc) is 3.28. The summed E-state index contributed by atoms with van der Waals surface area (Å²) >= 11 is 0. The molecule has 0 aliphatic carbocycles. The number of nitrogens with zero attached hydrogens (tertiary/aromatic N) is 3. The minimum Gasteiger partial charge on any atom is -0.344 e. The lowest BCUT2D eigenvalue weighted by atomic mass is 9.98. The fraction of sp³-hybridized carbons (Fsp3) is 0.0286. The van der Waals surface area contributed by atoms with Gasteiger partial charge in [0.1, 0.15) is 0 Å². The van der Waals surface area contributed by atoms with Crippen LogP contribution >= 0.6 is 0 Å². The Bertz CT molecular complexity index is 2170. The Labute approximate surface area is 219 Å². The van der Waals surface area contributed by atoms with Crippen LogP contribution in [0.25, 0.3) is 76.8 Å². The van der Waals surface area contributed by atoms with Crippen molar-refractivity contribution in [3.63, 3.8) is 0 Å². The molecule has 0 N–H and O–H groups in total. The second-order valence-electron chi connectivity index (χ2n) is 9.93. The van der Waals surface area contributed by atoms with Crippen molar-refractivity contribution in [2.75, 3.05) is 0 Å². The molecule has 0 saturated heterocycles. The predicted molar refractivity (Wildman–Crippen MR) is 159 cm³/mol. The van der Waals surface area contributed by atoms with Crippen LogP contribution in [0.3, 0.4) is 0 Å². The van der Waals surface area contributed by atoms with Gasteiger partial charge in [0, 0.05) is 45.2 Å². The van der Waals surface area contributed by atoms with Crippen LogP contribution < -0.4 is 0 Å². The molecule has 2 heterocycles. The zero-order valence-electron chi connectivity index (χ0n) is 20.9. The lowest BCUT2D eigenvalue weighted by Gasteiger charge is -2.11. The van der Waals surface area contributed by atoms with Gasteiger partial charge in [-0.25, -0.2) is 4.98 Å². The largest absolute Gasteiger partial charge is 0.344 e. The Morgan fingerprint density at radius 3 is 1.87 bits per heavy atom.